The molecule has 2 aromatic rings. The first-order valence-electron chi connectivity index (χ1n) is 9.38. The van der Waals surface area contributed by atoms with E-state index in [9.17, 15) is 8.78 Å². The van der Waals surface area contributed by atoms with Crippen molar-refractivity contribution in [2.75, 3.05) is 6.54 Å². The topological polar surface area (TPSA) is 67.1 Å². The summed E-state index contributed by atoms with van der Waals surface area (Å²) in [5, 5.41) is 11.1. The standard InChI is InChI=1S/C19H26F2N6.HI/c1-4-22-19(23-10-13-9-14(20)5-7-16(13)21)24-15-6-8-17-25-18(12(2)3)26-27(17)11-15;/h5,7,9,12,15H,4,6,8,10-11H2,1-3H3,(H2,22,23,24);1H. The Morgan fingerprint density at radius 2 is 2.14 bits per heavy atom. The number of nitrogens with zero attached hydrogens (tertiary/aromatic N) is 4. The molecule has 1 unspecified atom stereocenters. The molecule has 154 valence electrons. The van der Waals surface area contributed by atoms with Gasteiger partial charge in [-0.05, 0) is 31.5 Å². The summed E-state index contributed by atoms with van der Waals surface area (Å²) in [6.07, 6.45) is 1.75. The van der Waals surface area contributed by atoms with E-state index in [1.165, 1.54) is 6.07 Å². The van der Waals surface area contributed by atoms with Crippen LogP contribution in [0.2, 0.25) is 0 Å². The van der Waals surface area contributed by atoms with Gasteiger partial charge in [-0.2, -0.15) is 5.10 Å². The van der Waals surface area contributed by atoms with Crippen LogP contribution in [0.4, 0.5) is 8.78 Å². The third kappa shape index (κ3) is 5.62. The third-order valence-corrected chi connectivity index (χ3v) is 4.49. The third-order valence-electron chi connectivity index (χ3n) is 4.49. The lowest BCUT2D eigenvalue weighted by atomic mass is 10.1. The Labute approximate surface area is 181 Å². The summed E-state index contributed by atoms with van der Waals surface area (Å²) in [6.45, 7) is 7.57. The van der Waals surface area contributed by atoms with Gasteiger partial charge in [0.15, 0.2) is 11.8 Å². The molecule has 0 bridgehead atoms. The smallest absolute Gasteiger partial charge is 0.191 e. The number of aromatic nitrogens is 3. The summed E-state index contributed by atoms with van der Waals surface area (Å²) in [7, 11) is 0. The number of nitrogens with one attached hydrogen (secondary N) is 2. The highest BCUT2D eigenvalue weighted by Crippen LogP contribution is 2.17. The van der Waals surface area contributed by atoms with Gasteiger partial charge in [-0.15, -0.1) is 24.0 Å². The fourth-order valence-corrected chi connectivity index (χ4v) is 3.03. The zero-order valence-corrected chi connectivity index (χ0v) is 18.7. The van der Waals surface area contributed by atoms with E-state index in [0.717, 1.165) is 36.6 Å². The van der Waals surface area contributed by atoms with Gasteiger partial charge >= 0.3 is 0 Å². The van der Waals surface area contributed by atoms with Gasteiger partial charge in [0.25, 0.3) is 0 Å². The Balaban J connectivity index is 0.00000280. The number of aryl methyl sites for hydroxylation is 1. The van der Waals surface area contributed by atoms with Crippen molar-refractivity contribution in [1.29, 1.82) is 0 Å². The minimum atomic E-state index is -0.466. The summed E-state index contributed by atoms with van der Waals surface area (Å²) in [5.41, 5.74) is 0.232. The Bertz CT molecular complexity index is 821. The van der Waals surface area contributed by atoms with Crippen LogP contribution >= 0.6 is 24.0 Å². The van der Waals surface area contributed by atoms with Crippen LogP contribution in [0.3, 0.4) is 0 Å². The monoisotopic (exact) mass is 504 g/mol. The molecular weight excluding hydrogens is 477 g/mol. The van der Waals surface area contributed by atoms with Gasteiger partial charge in [0.2, 0.25) is 0 Å². The Hall–Kier alpha value is -1.78. The molecule has 1 atom stereocenters. The number of hydrogen-bond donors (Lipinski definition) is 2. The molecule has 3 rings (SSSR count). The number of guanidine groups is 1. The molecule has 0 aliphatic carbocycles. The molecule has 1 aliphatic heterocycles. The molecule has 0 saturated carbocycles. The molecule has 28 heavy (non-hydrogen) atoms. The fraction of sp³-hybridized carbons (Fsp3) is 0.526. The molecule has 0 spiro atoms. The Kier molecular flexibility index (Phi) is 8.14. The Morgan fingerprint density at radius 1 is 1.36 bits per heavy atom. The molecule has 2 N–H and O–H groups in total. The van der Waals surface area contributed by atoms with Gasteiger partial charge < -0.3 is 10.6 Å². The van der Waals surface area contributed by atoms with Crippen LogP contribution in [0.15, 0.2) is 23.2 Å². The van der Waals surface area contributed by atoms with Gasteiger partial charge in [0.1, 0.15) is 17.5 Å². The minimum Gasteiger partial charge on any atom is -0.357 e. The molecule has 0 radical (unpaired) electrons. The SMILES string of the molecule is CCNC(=NCc1cc(F)ccc1F)NC1CCc2nc(C(C)C)nn2C1.I. The summed E-state index contributed by atoms with van der Waals surface area (Å²) in [5.74, 6) is 1.84. The molecule has 2 heterocycles. The Morgan fingerprint density at radius 3 is 2.86 bits per heavy atom. The van der Waals surface area contributed by atoms with Crippen LogP contribution in [0.1, 0.15) is 50.3 Å². The van der Waals surface area contributed by atoms with E-state index < -0.39 is 11.6 Å². The largest absolute Gasteiger partial charge is 0.357 e. The highest BCUT2D eigenvalue weighted by molar-refractivity contribution is 14.0. The van der Waals surface area contributed by atoms with E-state index in [4.69, 9.17) is 0 Å². The van der Waals surface area contributed by atoms with Crippen molar-refractivity contribution in [2.45, 2.75) is 58.7 Å². The average molecular weight is 504 g/mol. The number of fused-ring (bicyclic) bond motifs is 1. The zero-order valence-electron chi connectivity index (χ0n) is 16.4. The lowest BCUT2D eigenvalue weighted by Crippen LogP contribution is -2.47. The maximum atomic E-state index is 13.8. The first kappa shape index (κ1) is 22.5. The van der Waals surface area contributed by atoms with Gasteiger partial charge in [0.05, 0.1) is 13.1 Å². The lowest BCUT2D eigenvalue weighted by molar-refractivity contribution is 0.391. The molecular formula is C19H27F2IN6. The predicted molar refractivity (Wildman–Crippen MR) is 116 cm³/mol. The highest BCUT2D eigenvalue weighted by atomic mass is 127. The maximum Gasteiger partial charge on any atom is 0.191 e. The first-order valence-corrected chi connectivity index (χ1v) is 9.38. The quantitative estimate of drug-likeness (QED) is 0.373. The zero-order chi connectivity index (χ0) is 19.4. The number of halogens is 3. The van der Waals surface area contributed by atoms with E-state index in [1.54, 1.807) is 0 Å². The second-order valence-electron chi connectivity index (χ2n) is 7.03. The predicted octanol–water partition coefficient (Wildman–Crippen LogP) is 3.37. The minimum absolute atomic E-state index is 0. The van der Waals surface area contributed by atoms with Crippen molar-refractivity contribution in [2.24, 2.45) is 4.99 Å². The molecule has 0 fully saturated rings. The van der Waals surface area contributed by atoms with Crippen LogP contribution < -0.4 is 10.6 Å². The van der Waals surface area contributed by atoms with Crippen LogP contribution in [0.5, 0.6) is 0 Å². The molecule has 1 aliphatic rings. The molecule has 1 aromatic heterocycles. The first-order chi connectivity index (χ1) is 13.0. The fourth-order valence-electron chi connectivity index (χ4n) is 3.03. The summed E-state index contributed by atoms with van der Waals surface area (Å²) in [4.78, 5) is 9.01. The van der Waals surface area contributed by atoms with Crippen LogP contribution in [0, 0.1) is 11.6 Å². The normalized spacial score (nSPS) is 16.5. The molecule has 1 aromatic carbocycles. The summed E-state index contributed by atoms with van der Waals surface area (Å²) in [6, 6.07) is 3.56. The van der Waals surface area contributed by atoms with Crippen LogP contribution in [-0.2, 0) is 19.5 Å². The van der Waals surface area contributed by atoms with Gasteiger partial charge in [0, 0.05) is 30.5 Å². The van der Waals surface area contributed by atoms with Gasteiger partial charge in [-0.25, -0.2) is 23.4 Å². The number of aliphatic imine (C=N–C) groups is 1. The van der Waals surface area contributed by atoms with Gasteiger partial charge in [-0.3, -0.25) is 0 Å². The van der Waals surface area contributed by atoms with Crippen molar-refractivity contribution in [3.8, 4) is 0 Å². The van der Waals surface area contributed by atoms with E-state index in [1.807, 2.05) is 11.6 Å². The lowest BCUT2D eigenvalue weighted by Gasteiger charge is -2.25. The number of hydrogen-bond acceptors (Lipinski definition) is 3. The van der Waals surface area contributed by atoms with Crippen molar-refractivity contribution >= 4 is 29.9 Å². The van der Waals surface area contributed by atoms with Crippen molar-refractivity contribution in [3.63, 3.8) is 0 Å². The van der Waals surface area contributed by atoms with E-state index in [2.05, 4.69) is 39.6 Å². The van der Waals surface area contributed by atoms with E-state index in [0.29, 0.717) is 25.0 Å². The van der Waals surface area contributed by atoms with Crippen molar-refractivity contribution in [1.82, 2.24) is 25.4 Å². The second kappa shape index (κ2) is 10.1. The van der Waals surface area contributed by atoms with Crippen LogP contribution in [-0.4, -0.2) is 33.3 Å². The maximum absolute atomic E-state index is 13.8. The molecule has 6 nitrogen and oxygen atoms in total. The highest BCUT2D eigenvalue weighted by Gasteiger charge is 2.23. The van der Waals surface area contributed by atoms with Crippen LogP contribution in [0.25, 0.3) is 0 Å². The molecule has 0 amide bonds. The average Bonchev–Trinajstić information content (AvgIpc) is 3.06. The number of benzene rings is 1. The second-order valence-corrected chi connectivity index (χ2v) is 7.03. The van der Waals surface area contributed by atoms with Crippen molar-refractivity contribution in [3.05, 3.63) is 47.0 Å². The summed E-state index contributed by atoms with van der Waals surface area (Å²) < 4.78 is 29.1. The van der Waals surface area contributed by atoms with Gasteiger partial charge in [-0.1, -0.05) is 13.8 Å². The number of rotatable bonds is 5. The van der Waals surface area contributed by atoms with Crippen molar-refractivity contribution < 1.29 is 8.78 Å². The van der Waals surface area contributed by atoms with E-state index in [-0.39, 0.29) is 42.1 Å². The summed E-state index contributed by atoms with van der Waals surface area (Å²) >= 11 is 0. The molecule has 9 heteroatoms. The van der Waals surface area contributed by atoms with E-state index >= 15 is 0 Å². The molecule has 0 saturated heterocycles.